The number of nitrogens with one attached hydrogen (secondary N) is 1. The molecule has 34 heavy (non-hydrogen) atoms. The number of thiazole rings is 1. The van der Waals surface area contributed by atoms with Crippen molar-refractivity contribution in [3.8, 4) is 0 Å². The van der Waals surface area contributed by atoms with E-state index in [1.54, 1.807) is 41.1 Å². The predicted octanol–water partition coefficient (Wildman–Crippen LogP) is 4.33. The van der Waals surface area contributed by atoms with Crippen LogP contribution in [0.5, 0.6) is 0 Å². The molecule has 0 saturated carbocycles. The van der Waals surface area contributed by atoms with Gasteiger partial charge < -0.3 is 14.6 Å². The predicted molar refractivity (Wildman–Crippen MR) is 130 cm³/mol. The fourth-order valence-corrected chi connectivity index (χ4v) is 5.75. The Morgan fingerprint density at radius 1 is 1.15 bits per heavy atom. The summed E-state index contributed by atoms with van der Waals surface area (Å²) < 4.78 is 33.1. The lowest BCUT2D eigenvalue weighted by atomic mass is 10.2. The molecule has 0 unspecified atom stereocenters. The number of esters is 1. The van der Waals surface area contributed by atoms with Crippen LogP contribution in [0.3, 0.4) is 0 Å². The summed E-state index contributed by atoms with van der Waals surface area (Å²) in [5.41, 5.74) is 1.11. The number of para-hydroxylation sites is 1. The lowest BCUT2D eigenvalue weighted by molar-refractivity contribution is -0.142. The monoisotopic (exact) mass is 517 g/mol. The van der Waals surface area contributed by atoms with Crippen LogP contribution in [-0.4, -0.2) is 36.5 Å². The Bertz CT molecular complexity index is 1460. The molecule has 11 heteroatoms. The third-order valence-electron chi connectivity index (χ3n) is 4.91. The van der Waals surface area contributed by atoms with E-state index < -0.39 is 9.84 Å². The van der Waals surface area contributed by atoms with Crippen molar-refractivity contribution >= 4 is 60.7 Å². The van der Waals surface area contributed by atoms with Crippen LogP contribution in [0, 0.1) is 0 Å². The molecule has 0 fully saturated rings. The Balaban J connectivity index is 1.56. The highest BCUT2D eigenvalue weighted by atomic mass is 35.5. The number of carbonyl (C=O) groups is 2. The lowest BCUT2D eigenvalue weighted by Crippen LogP contribution is -2.18. The van der Waals surface area contributed by atoms with Gasteiger partial charge in [0.15, 0.2) is 5.13 Å². The third-order valence-corrected chi connectivity index (χ3v) is 7.76. The van der Waals surface area contributed by atoms with Gasteiger partial charge in [0, 0.05) is 27.5 Å². The molecule has 0 bridgehead atoms. The van der Waals surface area contributed by atoms with Gasteiger partial charge in [0.1, 0.15) is 6.54 Å². The zero-order valence-electron chi connectivity index (χ0n) is 18.0. The minimum Gasteiger partial charge on any atom is -0.466 e. The summed E-state index contributed by atoms with van der Waals surface area (Å²) in [5.74, 6) is -0.771. The normalized spacial score (nSPS) is 11.5. The molecule has 0 atom stereocenters. The Morgan fingerprint density at radius 3 is 2.62 bits per heavy atom. The highest BCUT2D eigenvalue weighted by molar-refractivity contribution is 7.91. The summed E-state index contributed by atoms with van der Waals surface area (Å²) in [7, 11) is -3.83. The standard InChI is InChI=1S/C23H20ClN3O5S2/c1-2-32-22(29)11-16-14-33-23(25-16)26-21(28)13-27-12-20(18-5-3-4-6-19(18)27)34(30,31)17-9-7-15(24)8-10-17/h3-10,12,14H,2,11,13H2,1H3,(H,25,26,28). The van der Waals surface area contributed by atoms with Crippen molar-refractivity contribution in [3.05, 3.63) is 70.8 Å². The second-order valence-electron chi connectivity index (χ2n) is 7.27. The SMILES string of the molecule is CCOC(=O)Cc1csc(NC(=O)Cn2cc(S(=O)(=O)c3ccc(Cl)cc3)c3ccccc32)n1. The number of aromatic nitrogens is 2. The molecule has 1 amide bonds. The molecule has 0 saturated heterocycles. The average molecular weight is 518 g/mol. The van der Waals surface area contributed by atoms with Gasteiger partial charge in [0.05, 0.1) is 28.5 Å². The highest BCUT2D eigenvalue weighted by Crippen LogP contribution is 2.31. The molecular weight excluding hydrogens is 498 g/mol. The van der Waals surface area contributed by atoms with Gasteiger partial charge in [0.25, 0.3) is 0 Å². The van der Waals surface area contributed by atoms with E-state index in [-0.39, 0.29) is 41.2 Å². The molecule has 0 aliphatic heterocycles. The molecule has 8 nitrogen and oxygen atoms in total. The molecule has 0 aliphatic rings. The summed E-state index contributed by atoms with van der Waals surface area (Å²) >= 11 is 7.09. The Kier molecular flexibility index (Phi) is 7.01. The molecule has 2 heterocycles. The van der Waals surface area contributed by atoms with Crippen LogP contribution in [0.4, 0.5) is 5.13 Å². The van der Waals surface area contributed by atoms with Crippen LogP contribution in [0.15, 0.2) is 69.9 Å². The number of hydrogen-bond acceptors (Lipinski definition) is 7. The molecule has 0 aliphatic carbocycles. The molecule has 4 aromatic rings. The number of fused-ring (bicyclic) bond motifs is 1. The minimum atomic E-state index is -3.83. The van der Waals surface area contributed by atoms with Crippen LogP contribution >= 0.6 is 22.9 Å². The molecule has 4 rings (SSSR count). The van der Waals surface area contributed by atoms with Gasteiger partial charge in [-0.25, -0.2) is 13.4 Å². The topological polar surface area (TPSA) is 107 Å². The first-order valence-electron chi connectivity index (χ1n) is 10.3. The van der Waals surface area contributed by atoms with Crippen LogP contribution < -0.4 is 5.32 Å². The number of benzene rings is 2. The smallest absolute Gasteiger partial charge is 0.311 e. The Labute approximate surface area is 205 Å². The average Bonchev–Trinajstić information content (AvgIpc) is 3.39. The van der Waals surface area contributed by atoms with E-state index in [9.17, 15) is 18.0 Å². The Hall–Kier alpha value is -3.21. The Morgan fingerprint density at radius 2 is 1.88 bits per heavy atom. The fourth-order valence-electron chi connectivity index (χ4n) is 3.42. The van der Waals surface area contributed by atoms with Crippen molar-refractivity contribution in [1.29, 1.82) is 0 Å². The van der Waals surface area contributed by atoms with Gasteiger partial charge in [-0.2, -0.15) is 0 Å². The molecule has 1 N–H and O–H groups in total. The van der Waals surface area contributed by atoms with Crippen LogP contribution in [0.25, 0.3) is 10.9 Å². The maximum absolute atomic E-state index is 13.3. The summed E-state index contributed by atoms with van der Waals surface area (Å²) in [6.45, 7) is 1.89. The molecule has 2 aromatic heterocycles. The van der Waals surface area contributed by atoms with E-state index in [2.05, 4.69) is 10.3 Å². The fraction of sp³-hybridized carbons (Fsp3) is 0.174. The van der Waals surface area contributed by atoms with Gasteiger partial charge in [-0.1, -0.05) is 29.8 Å². The van der Waals surface area contributed by atoms with E-state index in [0.29, 0.717) is 26.8 Å². The first kappa shape index (κ1) is 23.9. The lowest BCUT2D eigenvalue weighted by Gasteiger charge is -2.05. The second-order valence-corrected chi connectivity index (χ2v) is 10.5. The van der Waals surface area contributed by atoms with Gasteiger partial charge in [0.2, 0.25) is 15.7 Å². The second kappa shape index (κ2) is 9.96. The maximum atomic E-state index is 13.3. The minimum absolute atomic E-state index is 0.0222. The number of hydrogen-bond donors (Lipinski definition) is 1. The van der Waals surface area contributed by atoms with Crippen molar-refractivity contribution in [2.45, 2.75) is 29.7 Å². The first-order chi connectivity index (χ1) is 16.3. The molecule has 2 aromatic carbocycles. The van der Waals surface area contributed by atoms with E-state index in [0.717, 1.165) is 0 Å². The number of nitrogens with zero attached hydrogens (tertiary/aromatic N) is 2. The summed E-state index contributed by atoms with van der Waals surface area (Å²) in [4.78, 5) is 28.8. The molecular formula is C23H20ClN3O5S2. The van der Waals surface area contributed by atoms with Crippen LogP contribution in [0.1, 0.15) is 12.6 Å². The number of carbonyl (C=O) groups excluding carboxylic acids is 2. The van der Waals surface area contributed by atoms with Gasteiger partial charge in [-0.15, -0.1) is 11.3 Å². The zero-order chi connectivity index (χ0) is 24.3. The van der Waals surface area contributed by atoms with E-state index in [1.807, 2.05) is 0 Å². The summed E-state index contributed by atoms with van der Waals surface area (Å²) in [6.07, 6.45) is 1.48. The van der Waals surface area contributed by atoms with Gasteiger partial charge in [-0.3, -0.25) is 9.59 Å². The van der Waals surface area contributed by atoms with Crippen molar-refractivity contribution in [2.75, 3.05) is 11.9 Å². The van der Waals surface area contributed by atoms with Gasteiger partial charge >= 0.3 is 5.97 Å². The number of sulfone groups is 1. The molecule has 176 valence electrons. The molecule has 0 spiro atoms. The number of rotatable bonds is 8. The maximum Gasteiger partial charge on any atom is 0.311 e. The molecule has 0 radical (unpaired) electrons. The number of halogens is 1. The number of amides is 1. The largest absolute Gasteiger partial charge is 0.466 e. The van der Waals surface area contributed by atoms with Crippen molar-refractivity contribution < 1.29 is 22.7 Å². The summed E-state index contributed by atoms with van der Waals surface area (Å²) in [6, 6.07) is 12.9. The van der Waals surface area contributed by atoms with Crippen LogP contribution in [0.2, 0.25) is 5.02 Å². The van der Waals surface area contributed by atoms with Gasteiger partial charge in [-0.05, 0) is 37.3 Å². The summed E-state index contributed by atoms with van der Waals surface area (Å²) in [5, 5.41) is 5.66. The van der Waals surface area contributed by atoms with E-state index >= 15 is 0 Å². The highest BCUT2D eigenvalue weighted by Gasteiger charge is 2.24. The zero-order valence-corrected chi connectivity index (χ0v) is 20.4. The number of ether oxygens (including phenoxy) is 1. The third kappa shape index (κ3) is 5.14. The van der Waals surface area contributed by atoms with Crippen molar-refractivity contribution in [3.63, 3.8) is 0 Å². The number of anilines is 1. The van der Waals surface area contributed by atoms with E-state index in [1.165, 1.54) is 41.8 Å². The van der Waals surface area contributed by atoms with Crippen molar-refractivity contribution in [1.82, 2.24) is 9.55 Å². The van der Waals surface area contributed by atoms with Crippen LogP contribution in [-0.2, 0) is 37.1 Å². The quantitative estimate of drug-likeness (QED) is 0.349. The van der Waals surface area contributed by atoms with E-state index in [4.69, 9.17) is 16.3 Å². The first-order valence-corrected chi connectivity index (χ1v) is 13.0. The van der Waals surface area contributed by atoms with Crippen molar-refractivity contribution in [2.24, 2.45) is 0 Å².